The monoisotopic (exact) mass is 373 g/mol. The number of ether oxygens (including phenoxy) is 1. The minimum absolute atomic E-state index is 0.00437. The lowest BCUT2D eigenvalue weighted by atomic mass is 9.91. The molecule has 0 spiro atoms. The molecule has 26 heavy (non-hydrogen) atoms. The first-order valence-corrected chi connectivity index (χ1v) is 7.78. The molecule has 1 aromatic rings. The number of likely N-dealkylation sites (tertiary alicyclic amines) is 1. The number of hydrogen-bond acceptors (Lipinski definition) is 4. The van der Waals surface area contributed by atoms with E-state index >= 15 is 0 Å². The normalized spacial score (nSPS) is 16.8. The number of carboxylic acids is 1. The third-order valence-electron chi connectivity index (χ3n) is 4.17. The number of nitrogens with zero attached hydrogens (tertiary/aromatic N) is 1. The van der Waals surface area contributed by atoms with E-state index in [2.05, 4.69) is 6.58 Å². The van der Waals surface area contributed by atoms with E-state index in [0.29, 0.717) is 6.07 Å². The van der Waals surface area contributed by atoms with Crippen LogP contribution < -0.4 is 4.74 Å². The minimum Gasteiger partial charge on any atom is -0.489 e. The Bertz CT molecular complexity index is 709. The van der Waals surface area contributed by atoms with Gasteiger partial charge >= 0.3 is 12.1 Å². The molecule has 2 rings (SSSR count). The maximum Gasteiger partial charge on any atom is 0.416 e. The lowest BCUT2D eigenvalue weighted by Gasteiger charge is -2.35. The van der Waals surface area contributed by atoms with Crippen molar-refractivity contribution in [3.05, 3.63) is 42.0 Å². The van der Waals surface area contributed by atoms with Crippen LogP contribution in [0.4, 0.5) is 13.2 Å². The van der Waals surface area contributed by atoms with Crippen molar-refractivity contribution in [1.29, 1.82) is 0 Å². The van der Waals surface area contributed by atoms with Gasteiger partial charge in [-0.15, -0.1) is 0 Å². The summed E-state index contributed by atoms with van der Waals surface area (Å²) < 4.78 is 44.2. The number of benzene rings is 1. The second-order valence-electron chi connectivity index (χ2n) is 5.94. The molecule has 0 saturated carbocycles. The van der Waals surface area contributed by atoms with Crippen LogP contribution in [-0.2, 0) is 11.0 Å². The van der Waals surface area contributed by atoms with Gasteiger partial charge in [0.05, 0.1) is 11.1 Å². The molecular formula is C17H18F3NO5. The number of carboxylic acid groups (broad SMARTS) is 1. The predicted octanol–water partition coefficient (Wildman–Crippen LogP) is 2.32. The van der Waals surface area contributed by atoms with Crippen LogP contribution in [0, 0.1) is 0 Å². The number of carbonyl (C=O) groups is 2. The molecular weight excluding hydrogens is 355 g/mol. The van der Waals surface area contributed by atoms with Gasteiger partial charge < -0.3 is 19.8 Å². The fraction of sp³-hybridized carbons (Fsp3) is 0.412. The quantitative estimate of drug-likeness (QED) is 0.774. The summed E-state index contributed by atoms with van der Waals surface area (Å²) in [6.45, 7) is 3.25. The second kappa shape index (κ2) is 7.36. The van der Waals surface area contributed by atoms with Crippen molar-refractivity contribution in [2.75, 3.05) is 19.7 Å². The van der Waals surface area contributed by atoms with Gasteiger partial charge in [-0.3, -0.25) is 4.79 Å². The Morgan fingerprint density at radius 1 is 1.31 bits per heavy atom. The van der Waals surface area contributed by atoms with Crippen LogP contribution in [0.1, 0.15) is 28.8 Å². The van der Waals surface area contributed by atoms with Crippen molar-refractivity contribution in [3.8, 4) is 5.75 Å². The van der Waals surface area contributed by atoms with Crippen LogP contribution in [0.25, 0.3) is 0 Å². The van der Waals surface area contributed by atoms with Crippen molar-refractivity contribution in [2.45, 2.75) is 24.6 Å². The first-order chi connectivity index (χ1) is 12.1. The van der Waals surface area contributed by atoms with Crippen molar-refractivity contribution < 1.29 is 37.7 Å². The largest absolute Gasteiger partial charge is 0.489 e. The summed E-state index contributed by atoms with van der Waals surface area (Å²) in [7, 11) is 0. The third kappa shape index (κ3) is 4.16. The molecule has 1 saturated heterocycles. The van der Waals surface area contributed by atoms with Crippen LogP contribution in [-0.4, -0.2) is 52.3 Å². The molecule has 0 atom stereocenters. The molecule has 9 heteroatoms. The Kier molecular flexibility index (Phi) is 5.60. The standard InChI is InChI=1S/C17H18F3NO5/c1-2-9-26-13-4-3-11(17(18,19)20)10-12(13)14(22)21-7-5-16(25,6-8-21)15(23)24/h2-4,10,25H,1,5-9H2,(H,23,24). The van der Waals surface area contributed by atoms with Gasteiger partial charge in [0.1, 0.15) is 12.4 Å². The van der Waals surface area contributed by atoms with Gasteiger partial charge in [-0.2, -0.15) is 13.2 Å². The highest BCUT2D eigenvalue weighted by Crippen LogP contribution is 2.34. The highest BCUT2D eigenvalue weighted by molar-refractivity contribution is 5.97. The molecule has 1 fully saturated rings. The van der Waals surface area contributed by atoms with Gasteiger partial charge in [0.2, 0.25) is 0 Å². The number of rotatable bonds is 5. The summed E-state index contributed by atoms with van der Waals surface area (Å²) in [5.41, 5.74) is -3.21. The van der Waals surface area contributed by atoms with Crippen LogP contribution in [0.15, 0.2) is 30.9 Å². The Morgan fingerprint density at radius 2 is 1.92 bits per heavy atom. The van der Waals surface area contributed by atoms with E-state index in [0.717, 1.165) is 12.1 Å². The molecule has 1 heterocycles. The van der Waals surface area contributed by atoms with E-state index in [1.807, 2.05) is 0 Å². The van der Waals surface area contributed by atoms with Gasteiger partial charge in [0, 0.05) is 25.9 Å². The fourth-order valence-electron chi connectivity index (χ4n) is 2.61. The van der Waals surface area contributed by atoms with Gasteiger partial charge in [-0.05, 0) is 18.2 Å². The molecule has 0 aromatic heterocycles. The maximum absolute atomic E-state index is 13.0. The minimum atomic E-state index is -4.63. The molecule has 1 aliphatic rings. The highest BCUT2D eigenvalue weighted by Gasteiger charge is 2.41. The van der Waals surface area contributed by atoms with Crippen molar-refractivity contribution in [3.63, 3.8) is 0 Å². The summed E-state index contributed by atoms with van der Waals surface area (Å²) in [6, 6.07) is 2.59. The Hall–Kier alpha value is -2.55. The smallest absolute Gasteiger partial charge is 0.416 e. The predicted molar refractivity (Wildman–Crippen MR) is 84.9 cm³/mol. The Balaban J connectivity index is 2.28. The Morgan fingerprint density at radius 3 is 2.42 bits per heavy atom. The maximum atomic E-state index is 13.0. The zero-order valence-electron chi connectivity index (χ0n) is 13.8. The van der Waals surface area contributed by atoms with Crippen molar-refractivity contribution in [1.82, 2.24) is 4.90 Å². The van der Waals surface area contributed by atoms with Crippen LogP contribution >= 0.6 is 0 Å². The van der Waals surface area contributed by atoms with Crippen molar-refractivity contribution in [2.24, 2.45) is 0 Å². The molecule has 0 radical (unpaired) electrons. The second-order valence-corrected chi connectivity index (χ2v) is 5.94. The zero-order chi connectivity index (χ0) is 19.5. The summed E-state index contributed by atoms with van der Waals surface area (Å²) >= 11 is 0. The number of aliphatic hydroxyl groups is 1. The molecule has 142 valence electrons. The fourth-order valence-corrected chi connectivity index (χ4v) is 2.61. The SMILES string of the molecule is C=CCOc1ccc(C(F)(F)F)cc1C(=O)N1CCC(O)(C(=O)O)CC1. The van der Waals surface area contributed by atoms with Gasteiger partial charge in [0.15, 0.2) is 5.60 Å². The molecule has 1 amide bonds. The van der Waals surface area contributed by atoms with E-state index in [1.54, 1.807) is 0 Å². The molecule has 1 aromatic carbocycles. The number of aliphatic carboxylic acids is 1. The molecule has 6 nitrogen and oxygen atoms in total. The first-order valence-electron chi connectivity index (χ1n) is 7.78. The van der Waals surface area contributed by atoms with Crippen LogP contribution in [0.3, 0.4) is 0 Å². The number of piperidine rings is 1. The molecule has 2 N–H and O–H groups in total. The number of alkyl halides is 3. The summed E-state index contributed by atoms with van der Waals surface area (Å²) in [5.74, 6) is -2.14. The van der Waals surface area contributed by atoms with Gasteiger partial charge in [0.25, 0.3) is 5.91 Å². The first kappa shape index (κ1) is 19.8. The average Bonchev–Trinajstić information content (AvgIpc) is 2.59. The summed E-state index contributed by atoms with van der Waals surface area (Å²) in [6.07, 6.45) is -3.66. The van der Waals surface area contributed by atoms with E-state index in [1.165, 1.54) is 11.0 Å². The highest BCUT2D eigenvalue weighted by atomic mass is 19.4. The lowest BCUT2D eigenvalue weighted by Crippen LogP contribution is -2.50. The number of amides is 1. The summed E-state index contributed by atoms with van der Waals surface area (Å²) in [4.78, 5) is 24.9. The third-order valence-corrected chi connectivity index (χ3v) is 4.17. The number of halogens is 3. The van der Waals surface area contributed by atoms with Gasteiger partial charge in [-0.25, -0.2) is 4.79 Å². The average molecular weight is 373 g/mol. The molecule has 0 unspecified atom stereocenters. The van der Waals surface area contributed by atoms with E-state index in [9.17, 15) is 27.9 Å². The topological polar surface area (TPSA) is 87.1 Å². The van der Waals surface area contributed by atoms with E-state index < -0.39 is 29.2 Å². The molecule has 1 aliphatic heterocycles. The van der Waals surface area contributed by atoms with Crippen LogP contribution in [0.2, 0.25) is 0 Å². The molecule has 0 bridgehead atoms. The van der Waals surface area contributed by atoms with E-state index in [4.69, 9.17) is 9.84 Å². The van der Waals surface area contributed by atoms with Crippen LogP contribution in [0.5, 0.6) is 5.75 Å². The van der Waals surface area contributed by atoms with E-state index in [-0.39, 0.29) is 43.9 Å². The zero-order valence-corrected chi connectivity index (χ0v) is 13.8. The summed E-state index contributed by atoms with van der Waals surface area (Å²) in [5, 5.41) is 18.9. The molecule has 0 aliphatic carbocycles. The van der Waals surface area contributed by atoms with Gasteiger partial charge in [-0.1, -0.05) is 12.7 Å². The number of hydrogen-bond donors (Lipinski definition) is 2. The lowest BCUT2D eigenvalue weighted by molar-refractivity contribution is -0.162. The Labute approximate surface area is 147 Å². The van der Waals surface area contributed by atoms with Crippen molar-refractivity contribution >= 4 is 11.9 Å². The number of carbonyl (C=O) groups excluding carboxylic acids is 1.